The molecular weight excluding hydrogens is 274 g/mol. The summed E-state index contributed by atoms with van der Waals surface area (Å²) in [5, 5.41) is 0. The molecule has 3 heteroatoms. The zero-order valence-electron chi connectivity index (χ0n) is 13.2. The van der Waals surface area contributed by atoms with Crippen molar-refractivity contribution in [1.82, 2.24) is 4.90 Å². The third-order valence-corrected chi connectivity index (χ3v) is 5.19. The standard InChI is InChI=1S/C19H25NO2/c21-18(15-7-3-1-4-8-15)16-11-13-20(14-12-16)19(22)17-9-5-2-6-10-17/h1,3-4,7-8,16-17H,2,5-6,9-14H2. The Kier molecular flexibility index (Phi) is 4.91. The van der Waals surface area contributed by atoms with E-state index in [-0.39, 0.29) is 17.6 Å². The van der Waals surface area contributed by atoms with Crippen molar-refractivity contribution < 1.29 is 9.59 Å². The van der Waals surface area contributed by atoms with E-state index in [2.05, 4.69) is 0 Å². The first kappa shape index (κ1) is 15.3. The summed E-state index contributed by atoms with van der Waals surface area (Å²) in [4.78, 5) is 27.0. The average Bonchev–Trinajstić information content (AvgIpc) is 2.62. The number of rotatable bonds is 3. The predicted molar refractivity (Wildman–Crippen MR) is 86.7 cm³/mol. The van der Waals surface area contributed by atoms with Gasteiger partial charge < -0.3 is 4.90 Å². The van der Waals surface area contributed by atoms with Gasteiger partial charge in [0.15, 0.2) is 5.78 Å². The van der Waals surface area contributed by atoms with Crippen molar-refractivity contribution in [2.75, 3.05) is 13.1 Å². The smallest absolute Gasteiger partial charge is 0.225 e. The molecule has 118 valence electrons. The van der Waals surface area contributed by atoms with Crippen molar-refractivity contribution in [3.05, 3.63) is 35.9 Å². The summed E-state index contributed by atoms with van der Waals surface area (Å²) in [7, 11) is 0. The Balaban J connectivity index is 1.54. The second-order valence-electron chi connectivity index (χ2n) is 6.66. The molecule has 0 spiro atoms. The minimum atomic E-state index is 0.0813. The van der Waals surface area contributed by atoms with Crippen LogP contribution in [0.15, 0.2) is 30.3 Å². The minimum Gasteiger partial charge on any atom is -0.342 e. The molecule has 3 nitrogen and oxygen atoms in total. The molecule has 3 rings (SSSR count). The molecule has 0 atom stereocenters. The van der Waals surface area contributed by atoms with Crippen molar-refractivity contribution in [1.29, 1.82) is 0 Å². The van der Waals surface area contributed by atoms with E-state index in [9.17, 15) is 9.59 Å². The van der Waals surface area contributed by atoms with E-state index >= 15 is 0 Å². The second-order valence-corrected chi connectivity index (χ2v) is 6.66. The lowest BCUT2D eigenvalue weighted by molar-refractivity contribution is -0.137. The van der Waals surface area contributed by atoms with Gasteiger partial charge in [0.1, 0.15) is 0 Å². The topological polar surface area (TPSA) is 37.4 Å². The Morgan fingerprint density at radius 3 is 2.09 bits per heavy atom. The Bertz CT molecular complexity index is 511. The molecule has 1 aliphatic carbocycles. The summed E-state index contributed by atoms with van der Waals surface area (Å²) in [6, 6.07) is 9.54. The van der Waals surface area contributed by atoms with Gasteiger partial charge in [-0.15, -0.1) is 0 Å². The molecule has 1 heterocycles. The number of piperidine rings is 1. The van der Waals surface area contributed by atoms with E-state index in [0.717, 1.165) is 44.3 Å². The van der Waals surface area contributed by atoms with Crippen LogP contribution in [0.1, 0.15) is 55.3 Å². The number of ketones is 1. The molecule has 1 aliphatic heterocycles. The first-order valence-electron chi connectivity index (χ1n) is 8.64. The van der Waals surface area contributed by atoms with E-state index < -0.39 is 0 Å². The van der Waals surface area contributed by atoms with Crippen LogP contribution in [0.25, 0.3) is 0 Å². The van der Waals surface area contributed by atoms with Gasteiger partial charge in [0, 0.05) is 30.5 Å². The third-order valence-electron chi connectivity index (χ3n) is 5.19. The van der Waals surface area contributed by atoms with Crippen LogP contribution in [-0.4, -0.2) is 29.7 Å². The molecule has 0 radical (unpaired) electrons. The Hall–Kier alpha value is -1.64. The predicted octanol–water partition coefficient (Wildman–Crippen LogP) is 3.69. The maximum Gasteiger partial charge on any atom is 0.225 e. The average molecular weight is 299 g/mol. The van der Waals surface area contributed by atoms with Gasteiger partial charge in [-0.25, -0.2) is 0 Å². The summed E-state index contributed by atoms with van der Waals surface area (Å²) in [6.45, 7) is 1.50. The van der Waals surface area contributed by atoms with Crippen molar-refractivity contribution >= 4 is 11.7 Å². The molecule has 0 unspecified atom stereocenters. The van der Waals surface area contributed by atoms with Gasteiger partial charge in [-0.1, -0.05) is 49.6 Å². The summed E-state index contributed by atoms with van der Waals surface area (Å²) in [6.07, 6.45) is 7.40. The third kappa shape index (κ3) is 3.40. The fourth-order valence-electron chi connectivity index (χ4n) is 3.81. The molecule has 1 amide bonds. The van der Waals surface area contributed by atoms with Crippen LogP contribution in [-0.2, 0) is 4.79 Å². The lowest BCUT2D eigenvalue weighted by Crippen LogP contribution is -2.43. The van der Waals surface area contributed by atoms with Gasteiger partial charge in [0.2, 0.25) is 5.91 Å². The van der Waals surface area contributed by atoms with Crippen LogP contribution in [0, 0.1) is 11.8 Å². The van der Waals surface area contributed by atoms with E-state index in [1.54, 1.807) is 0 Å². The number of hydrogen-bond donors (Lipinski definition) is 0. The highest BCUT2D eigenvalue weighted by atomic mass is 16.2. The van der Waals surface area contributed by atoms with Crippen LogP contribution < -0.4 is 0 Å². The number of nitrogens with zero attached hydrogens (tertiary/aromatic N) is 1. The first-order chi connectivity index (χ1) is 10.8. The lowest BCUT2D eigenvalue weighted by atomic mass is 9.85. The maximum absolute atomic E-state index is 12.5. The van der Waals surface area contributed by atoms with Crippen LogP contribution in [0.5, 0.6) is 0 Å². The summed E-state index contributed by atoms with van der Waals surface area (Å²) in [5.41, 5.74) is 0.805. The Morgan fingerprint density at radius 1 is 0.818 bits per heavy atom. The monoisotopic (exact) mass is 299 g/mol. The highest BCUT2D eigenvalue weighted by Crippen LogP contribution is 2.28. The molecule has 0 bridgehead atoms. The van der Waals surface area contributed by atoms with Crippen LogP contribution in [0.2, 0.25) is 0 Å². The second kappa shape index (κ2) is 7.08. The van der Waals surface area contributed by atoms with Crippen molar-refractivity contribution in [2.45, 2.75) is 44.9 Å². The normalized spacial score (nSPS) is 20.8. The van der Waals surface area contributed by atoms with Crippen LogP contribution >= 0.6 is 0 Å². The van der Waals surface area contributed by atoms with Crippen LogP contribution in [0.4, 0.5) is 0 Å². The van der Waals surface area contributed by atoms with Gasteiger partial charge in [0.05, 0.1) is 0 Å². The molecular formula is C19H25NO2. The summed E-state index contributed by atoms with van der Waals surface area (Å²) < 4.78 is 0. The van der Waals surface area contributed by atoms with Gasteiger partial charge in [-0.3, -0.25) is 9.59 Å². The fourth-order valence-corrected chi connectivity index (χ4v) is 3.81. The molecule has 0 N–H and O–H groups in total. The number of Topliss-reactive ketones (excluding diaryl/α,β-unsaturated/α-hetero) is 1. The van der Waals surface area contributed by atoms with Crippen molar-refractivity contribution in [2.24, 2.45) is 11.8 Å². The highest BCUT2D eigenvalue weighted by Gasteiger charge is 2.31. The molecule has 0 aromatic heterocycles. The first-order valence-corrected chi connectivity index (χ1v) is 8.64. The molecule has 1 aromatic rings. The van der Waals surface area contributed by atoms with Crippen molar-refractivity contribution in [3.63, 3.8) is 0 Å². The Labute approximate surface area is 132 Å². The van der Waals surface area contributed by atoms with Gasteiger partial charge in [-0.2, -0.15) is 0 Å². The van der Waals surface area contributed by atoms with E-state index in [1.165, 1.54) is 19.3 Å². The Morgan fingerprint density at radius 2 is 1.45 bits per heavy atom. The van der Waals surface area contributed by atoms with Gasteiger partial charge in [-0.05, 0) is 25.7 Å². The number of carbonyl (C=O) groups excluding carboxylic acids is 2. The van der Waals surface area contributed by atoms with Crippen molar-refractivity contribution in [3.8, 4) is 0 Å². The van der Waals surface area contributed by atoms with Crippen LogP contribution in [0.3, 0.4) is 0 Å². The summed E-state index contributed by atoms with van der Waals surface area (Å²) >= 11 is 0. The van der Waals surface area contributed by atoms with Gasteiger partial charge >= 0.3 is 0 Å². The molecule has 2 fully saturated rings. The molecule has 1 saturated carbocycles. The molecule has 22 heavy (non-hydrogen) atoms. The lowest BCUT2D eigenvalue weighted by Gasteiger charge is -2.34. The van der Waals surface area contributed by atoms with E-state index in [4.69, 9.17) is 0 Å². The van der Waals surface area contributed by atoms with Gasteiger partial charge in [0.25, 0.3) is 0 Å². The molecule has 1 saturated heterocycles. The number of carbonyl (C=O) groups is 2. The van der Waals surface area contributed by atoms with E-state index in [1.807, 2.05) is 35.2 Å². The number of likely N-dealkylation sites (tertiary alicyclic amines) is 1. The molecule has 1 aromatic carbocycles. The largest absolute Gasteiger partial charge is 0.342 e. The highest BCUT2D eigenvalue weighted by molar-refractivity contribution is 5.98. The maximum atomic E-state index is 12.5. The number of hydrogen-bond acceptors (Lipinski definition) is 2. The number of amides is 1. The van der Waals surface area contributed by atoms with E-state index in [0.29, 0.717) is 5.91 Å². The fraction of sp³-hybridized carbons (Fsp3) is 0.579. The summed E-state index contributed by atoms with van der Waals surface area (Å²) in [5.74, 6) is 0.906. The number of benzene rings is 1. The minimum absolute atomic E-state index is 0.0813. The quantitative estimate of drug-likeness (QED) is 0.798. The SMILES string of the molecule is O=C(c1ccccc1)C1CCN(C(=O)C2CCCCC2)CC1. The molecule has 2 aliphatic rings. The zero-order chi connectivity index (χ0) is 15.4. The zero-order valence-corrected chi connectivity index (χ0v) is 13.2.